The Morgan fingerprint density at radius 2 is 1.67 bits per heavy atom. The van der Waals surface area contributed by atoms with Crippen LogP contribution in [0.4, 0.5) is 17.5 Å². The SMILES string of the molecule is Cc1ccc(C(=O)N2CCc3nc(N4CCCC4)nc(N4CCCCC4)c3C2)cc1[N+](=O)[O-]. The summed E-state index contributed by atoms with van der Waals surface area (Å²) in [4.78, 5) is 40.6. The molecule has 174 valence electrons. The van der Waals surface area contributed by atoms with Gasteiger partial charge in [0.25, 0.3) is 11.6 Å². The molecule has 0 radical (unpaired) electrons. The van der Waals surface area contributed by atoms with Gasteiger partial charge in [-0.15, -0.1) is 0 Å². The van der Waals surface area contributed by atoms with E-state index in [0.717, 1.165) is 62.0 Å². The molecule has 0 atom stereocenters. The first kappa shape index (κ1) is 21.6. The molecule has 3 aliphatic heterocycles. The van der Waals surface area contributed by atoms with Gasteiger partial charge >= 0.3 is 0 Å². The summed E-state index contributed by atoms with van der Waals surface area (Å²) < 4.78 is 0. The van der Waals surface area contributed by atoms with Crippen LogP contribution in [-0.4, -0.2) is 58.4 Å². The van der Waals surface area contributed by atoms with Crippen molar-refractivity contribution in [3.05, 3.63) is 50.7 Å². The summed E-state index contributed by atoms with van der Waals surface area (Å²) in [7, 11) is 0. The zero-order valence-corrected chi connectivity index (χ0v) is 19.1. The summed E-state index contributed by atoms with van der Waals surface area (Å²) in [5.41, 5.74) is 2.94. The second-order valence-electron chi connectivity index (χ2n) is 9.25. The predicted molar refractivity (Wildman–Crippen MR) is 126 cm³/mol. The van der Waals surface area contributed by atoms with E-state index in [2.05, 4.69) is 9.80 Å². The van der Waals surface area contributed by atoms with Crippen molar-refractivity contribution < 1.29 is 9.72 Å². The van der Waals surface area contributed by atoms with Gasteiger partial charge < -0.3 is 14.7 Å². The summed E-state index contributed by atoms with van der Waals surface area (Å²) in [6.45, 7) is 6.60. The van der Waals surface area contributed by atoms with Crippen LogP contribution in [0.3, 0.4) is 0 Å². The lowest BCUT2D eigenvalue weighted by atomic mass is 10.0. The van der Waals surface area contributed by atoms with E-state index in [4.69, 9.17) is 9.97 Å². The number of nitro benzene ring substituents is 1. The van der Waals surface area contributed by atoms with Crippen LogP contribution in [-0.2, 0) is 13.0 Å². The number of carbonyl (C=O) groups is 1. The molecular weight excluding hydrogens is 420 g/mol. The van der Waals surface area contributed by atoms with Crippen LogP contribution in [0.15, 0.2) is 18.2 Å². The summed E-state index contributed by atoms with van der Waals surface area (Å²) >= 11 is 0. The summed E-state index contributed by atoms with van der Waals surface area (Å²) in [5, 5.41) is 11.4. The fraction of sp³-hybridized carbons (Fsp3) is 0.542. The van der Waals surface area contributed by atoms with Gasteiger partial charge in [0.1, 0.15) is 5.82 Å². The van der Waals surface area contributed by atoms with E-state index < -0.39 is 4.92 Å². The Labute approximate surface area is 193 Å². The molecule has 0 aliphatic carbocycles. The minimum atomic E-state index is -0.431. The lowest BCUT2D eigenvalue weighted by molar-refractivity contribution is -0.385. The van der Waals surface area contributed by atoms with E-state index in [-0.39, 0.29) is 11.6 Å². The fourth-order valence-electron chi connectivity index (χ4n) is 5.10. The maximum atomic E-state index is 13.3. The van der Waals surface area contributed by atoms with Gasteiger partial charge in [0.15, 0.2) is 0 Å². The molecule has 2 saturated heterocycles. The third-order valence-corrected chi connectivity index (χ3v) is 7.01. The van der Waals surface area contributed by atoms with Crippen molar-refractivity contribution in [1.29, 1.82) is 0 Å². The highest BCUT2D eigenvalue weighted by Gasteiger charge is 2.30. The summed E-state index contributed by atoms with van der Waals surface area (Å²) in [6.07, 6.45) is 6.54. The molecule has 0 spiro atoms. The molecule has 0 N–H and O–H groups in total. The van der Waals surface area contributed by atoms with Gasteiger partial charge in [-0.1, -0.05) is 6.07 Å². The van der Waals surface area contributed by atoms with Crippen molar-refractivity contribution >= 4 is 23.4 Å². The second-order valence-corrected chi connectivity index (χ2v) is 9.25. The number of nitrogens with zero attached hydrogens (tertiary/aromatic N) is 6. The molecule has 2 fully saturated rings. The van der Waals surface area contributed by atoms with Crippen molar-refractivity contribution in [2.75, 3.05) is 42.5 Å². The van der Waals surface area contributed by atoms with Crippen molar-refractivity contribution in [1.82, 2.24) is 14.9 Å². The van der Waals surface area contributed by atoms with Crippen LogP contribution in [0.1, 0.15) is 59.3 Å². The first-order chi connectivity index (χ1) is 16.0. The standard InChI is InChI=1S/C24H30N6O3/c1-17-7-8-18(15-21(17)30(32)33)23(31)29-14-9-20-19(16-29)22(27-10-3-2-4-11-27)26-24(25-20)28-12-5-6-13-28/h7-8,15H,2-6,9-14,16H2,1H3. The average molecular weight is 451 g/mol. The van der Waals surface area contributed by atoms with Gasteiger partial charge in [-0.25, -0.2) is 4.98 Å². The number of piperidine rings is 1. The number of aromatic nitrogens is 2. The Balaban J connectivity index is 1.46. The smallest absolute Gasteiger partial charge is 0.273 e. The highest BCUT2D eigenvalue weighted by molar-refractivity contribution is 5.95. The zero-order valence-electron chi connectivity index (χ0n) is 19.1. The van der Waals surface area contributed by atoms with Gasteiger partial charge in [-0.2, -0.15) is 4.98 Å². The molecule has 33 heavy (non-hydrogen) atoms. The minimum Gasteiger partial charge on any atom is -0.356 e. The minimum absolute atomic E-state index is 0.0224. The van der Waals surface area contributed by atoms with Gasteiger partial charge in [0.2, 0.25) is 5.95 Å². The monoisotopic (exact) mass is 450 g/mol. The maximum Gasteiger partial charge on any atom is 0.273 e. The van der Waals surface area contributed by atoms with Crippen molar-refractivity contribution in [2.45, 2.75) is 52.0 Å². The lowest BCUT2D eigenvalue weighted by Crippen LogP contribution is -2.39. The number of nitro groups is 1. The van der Waals surface area contributed by atoms with Crippen LogP contribution >= 0.6 is 0 Å². The maximum absolute atomic E-state index is 13.3. The Kier molecular flexibility index (Phi) is 5.86. The summed E-state index contributed by atoms with van der Waals surface area (Å²) in [5.74, 6) is 1.60. The molecular formula is C24H30N6O3. The summed E-state index contributed by atoms with van der Waals surface area (Å²) in [6, 6.07) is 4.72. The number of hydrogen-bond acceptors (Lipinski definition) is 7. The van der Waals surface area contributed by atoms with Crippen LogP contribution < -0.4 is 9.80 Å². The molecule has 2 aromatic rings. The molecule has 1 aromatic heterocycles. The Hall–Kier alpha value is -3.23. The number of aryl methyl sites for hydroxylation is 1. The molecule has 4 heterocycles. The second kappa shape index (κ2) is 8.96. The first-order valence-corrected chi connectivity index (χ1v) is 12.0. The highest BCUT2D eigenvalue weighted by atomic mass is 16.6. The fourth-order valence-corrected chi connectivity index (χ4v) is 5.10. The van der Waals surface area contributed by atoms with E-state index >= 15 is 0 Å². The van der Waals surface area contributed by atoms with E-state index in [1.165, 1.54) is 25.3 Å². The van der Waals surface area contributed by atoms with Gasteiger partial charge in [0, 0.05) is 61.9 Å². The van der Waals surface area contributed by atoms with E-state index in [9.17, 15) is 14.9 Å². The molecule has 0 unspecified atom stereocenters. The number of anilines is 2. The molecule has 0 saturated carbocycles. The molecule has 0 bridgehead atoms. The highest BCUT2D eigenvalue weighted by Crippen LogP contribution is 2.32. The van der Waals surface area contributed by atoms with E-state index in [1.54, 1.807) is 24.0 Å². The van der Waals surface area contributed by atoms with Crippen molar-refractivity contribution in [3.63, 3.8) is 0 Å². The van der Waals surface area contributed by atoms with Crippen LogP contribution in [0, 0.1) is 17.0 Å². The number of amides is 1. The number of hydrogen-bond donors (Lipinski definition) is 0. The van der Waals surface area contributed by atoms with Crippen molar-refractivity contribution in [2.24, 2.45) is 0 Å². The molecule has 9 nitrogen and oxygen atoms in total. The topological polar surface area (TPSA) is 95.7 Å². The number of fused-ring (bicyclic) bond motifs is 1. The quantitative estimate of drug-likeness (QED) is 0.520. The van der Waals surface area contributed by atoms with Crippen molar-refractivity contribution in [3.8, 4) is 0 Å². The average Bonchev–Trinajstić information content (AvgIpc) is 3.38. The molecule has 9 heteroatoms. The third-order valence-electron chi connectivity index (χ3n) is 7.01. The van der Waals surface area contributed by atoms with Crippen LogP contribution in [0.5, 0.6) is 0 Å². The van der Waals surface area contributed by atoms with Crippen LogP contribution in [0.2, 0.25) is 0 Å². The Morgan fingerprint density at radius 1 is 0.970 bits per heavy atom. The van der Waals surface area contributed by atoms with Gasteiger partial charge in [-0.05, 0) is 45.1 Å². The molecule has 1 amide bonds. The predicted octanol–water partition coefficient (Wildman–Crippen LogP) is 3.48. The number of carbonyl (C=O) groups excluding carboxylic acids is 1. The molecule has 1 aromatic carbocycles. The number of rotatable bonds is 4. The van der Waals surface area contributed by atoms with Crippen LogP contribution in [0.25, 0.3) is 0 Å². The largest absolute Gasteiger partial charge is 0.356 e. The van der Waals surface area contributed by atoms with E-state index in [0.29, 0.717) is 30.6 Å². The number of benzene rings is 1. The Bertz CT molecular complexity index is 1080. The lowest BCUT2D eigenvalue weighted by Gasteiger charge is -2.35. The molecule has 3 aliphatic rings. The zero-order chi connectivity index (χ0) is 22.9. The third kappa shape index (κ3) is 4.24. The van der Waals surface area contributed by atoms with Gasteiger partial charge in [0.05, 0.1) is 17.2 Å². The van der Waals surface area contributed by atoms with Gasteiger partial charge in [-0.3, -0.25) is 14.9 Å². The Morgan fingerprint density at radius 3 is 2.39 bits per heavy atom. The van der Waals surface area contributed by atoms with E-state index in [1.807, 2.05) is 0 Å². The molecule has 5 rings (SSSR count). The first-order valence-electron chi connectivity index (χ1n) is 12.0. The normalized spacial score (nSPS) is 18.4.